The third kappa shape index (κ3) is 4.01. The summed E-state index contributed by atoms with van der Waals surface area (Å²) in [6.07, 6.45) is 3.57. The fourth-order valence-electron chi connectivity index (χ4n) is 3.70. The van der Waals surface area contributed by atoms with Crippen LogP contribution in [0.25, 0.3) is 20.4 Å². The van der Waals surface area contributed by atoms with Gasteiger partial charge in [0.15, 0.2) is 10.9 Å². The number of thiophene rings is 1. The Bertz CT molecular complexity index is 1350. The highest BCUT2D eigenvalue weighted by atomic mass is 35.5. The number of benzene rings is 1. The predicted molar refractivity (Wildman–Crippen MR) is 125 cm³/mol. The molecular formula is C22H18ClN3O3S2. The minimum absolute atomic E-state index is 0.0249. The van der Waals surface area contributed by atoms with Gasteiger partial charge >= 0.3 is 0 Å². The number of fused-ring (bicyclic) bond motifs is 3. The molecule has 1 aromatic carbocycles. The number of thioether (sulfide) groups is 1. The number of ether oxygens (including phenoxy) is 1. The van der Waals surface area contributed by atoms with Crippen molar-refractivity contribution in [3.05, 3.63) is 63.5 Å². The van der Waals surface area contributed by atoms with Crippen LogP contribution in [0.3, 0.4) is 0 Å². The average molecular weight is 472 g/mol. The maximum absolute atomic E-state index is 13.4. The maximum atomic E-state index is 13.4. The van der Waals surface area contributed by atoms with Crippen LogP contribution in [0.5, 0.6) is 0 Å². The summed E-state index contributed by atoms with van der Waals surface area (Å²) < 4.78 is 7.99. The topological polar surface area (TPSA) is 74.1 Å². The second-order valence-corrected chi connectivity index (χ2v) is 9.62. The largest absolute Gasteiger partial charge is 0.376 e. The summed E-state index contributed by atoms with van der Waals surface area (Å²) in [4.78, 5) is 36.1. The fourth-order valence-corrected chi connectivity index (χ4v) is 5.86. The molecule has 0 bridgehead atoms. The summed E-state index contributed by atoms with van der Waals surface area (Å²) in [6, 6.07) is 10.7. The number of hydrogen-bond acceptors (Lipinski definition) is 7. The Morgan fingerprint density at radius 1 is 1.29 bits per heavy atom. The van der Waals surface area contributed by atoms with Crippen molar-refractivity contribution in [2.24, 2.45) is 0 Å². The van der Waals surface area contributed by atoms with E-state index in [1.54, 1.807) is 35.0 Å². The van der Waals surface area contributed by atoms with Gasteiger partial charge in [-0.05, 0) is 37.1 Å². The molecule has 0 radical (unpaired) electrons. The summed E-state index contributed by atoms with van der Waals surface area (Å²) in [5.41, 5.74) is 0.988. The number of carbonyl (C=O) groups is 1. The predicted octanol–water partition coefficient (Wildman–Crippen LogP) is 4.81. The van der Waals surface area contributed by atoms with E-state index in [0.29, 0.717) is 39.1 Å². The first-order valence-electron chi connectivity index (χ1n) is 9.92. The smallest absolute Gasteiger partial charge is 0.272 e. The van der Waals surface area contributed by atoms with E-state index >= 15 is 0 Å². The molecule has 4 aromatic rings. The minimum Gasteiger partial charge on any atom is -0.376 e. The zero-order chi connectivity index (χ0) is 21.4. The third-order valence-electron chi connectivity index (χ3n) is 5.23. The van der Waals surface area contributed by atoms with Crippen molar-refractivity contribution >= 4 is 60.9 Å². The summed E-state index contributed by atoms with van der Waals surface area (Å²) in [7, 11) is 0. The molecule has 1 aliphatic rings. The molecule has 0 aliphatic carbocycles. The molecule has 4 heterocycles. The molecular weight excluding hydrogens is 454 g/mol. The minimum atomic E-state index is -0.115. The van der Waals surface area contributed by atoms with Gasteiger partial charge in [0.1, 0.15) is 9.53 Å². The molecule has 9 heteroatoms. The van der Waals surface area contributed by atoms with E-state index in [1.165, 1.54) is 23.1 Å². The van der Waals surface area contributed by atoms with Crippen LogP contribution in [0, 0.1) is 0 Å². The van der Waals surface area contributed by atoms with Crippen LogP contribution < -0.4 is 5.56 Å². The van der Waals surface area contributed by atoms with E-state index in [9.17, 15) is 9.59 Å². The van der Waals surface area contributed by atoms with Gasteiger partial charge in [0.2, 0.25) is 0 Å². The van der Waals surface area contributed by atoms with Gasteiger partial charge in [-0.1, -0.05) is 35.5 Å². The van der Waals surface area contributed by atoms with Crippen molar-refractivity contribution in [2.45, 2.75) is 30.6 Å². The van der Waals surface area contributed by atoms with Crippen LogP contribution in [0.1, 0.15) is 23.2 Å². The molecule has 0 N–H and O–H groups in total. The molecule has 0 amide bonds. The van der Waals surface area contributed by atoms with E-state index in [1.807, 2.05) is 12.1 Å². The van der Waals surface area contributed by atoms with Gasteiger partial charge in [0, 0.05) is 23.8 Å². The molecule has 1 saturated heterocycles. The van der Waals surface area contributed by atoms with E-state index in [4.69, 9.17) is 21.3 Å². The van der Waals surface area contributed by atoms with Crippen molar-refractivity contribution < 1.29 is 9.53 Å². The van der Waals surface area contributed by atoms with Crippen LogP contribution in [0.15, 0.2) is 52.5 Å². The molecule has 158 valence electrons. The second kappa shape index (κ2) is 8.70. The average Bonchev–Trinajstić information content (AvgIpc) is 3.42. The molecule has 1 aliphatic heterocycles. The summed E-state index contributed by atoms with van der Waals surface area (Å²) in [5.74, 6) is 0.0264. The first kappa shape index (κ1) is 20.6. The number of rotatable bonds is 6. The highest BCUT2D eigenvalue weighted by molar-refractivity contribution is 7.99. The number of Topliss-reactive ketones (excluding diaryl/α,β-unsaturated/α-hetero) is 1. The highest BCUT2D eigenvalue weighted by Crippen LogP contribution is 2.31. The standard InChI is InChI=1S/C22H18ClN3O3S2/c23-16-8-2-1-6-14(16)17(27)12-30-22-25-18-15-7-3-9-24-20(15)31-19(18)21(28)26(22)11-13-5-4-10-29-13/h1-3,6-9,13H,4-5,10-12H2/t13-/m1/s1. The first-order valence-corrected chi connectivity index (χ1v) is 12.1. The van der Waals surface area contributed by atoms with Crippen molar-refractivity contribution in [3.63, 3.8) is 0 Å². The van der Waals surface area contributed by atoms with Crippen molar-refractivity contribution in [1.29, 1.82) is 0 Å². The number of aromatic nitrogens is 3. The van der Waals surface area contributed by atoms with Crippen LogP contribution in [-0.4, -0.2) is 38.8 Å². The Labute approximate surface area is 191 Å². The number of ketones is 1. The van der Waals surface area contributed by atoms with Crippen LogP contribution in [0.4, 0.5) is 0 Å². The van der Waals surface area contributed by atoms with E-state index in [0.717, 1.165) is 23.1 Å². The number of pyridine rings is 1. The van der Waals surface area contributed by atoms with Crippen molar-refractivity contribution in [2.75, 3.05) is 12.4 Å². The molecule has 6 nitrogen and oxygen atoms in total. The lowest BCUT2D eigenvalue weighted by molar-refractivity contribution is 0.0938. The molecule has 0 unspecified atom stereocenters. The van der Waals surface area contributed by atoms with Gasteiger partial charge in [-0.2, -0.15) is 0 Å². The normalized spacial score (nSPS) is 16.4. The maximum Gasteiger partial charge on any atom is 0.272 e. The van der Waals surface area contributed by atoms with Crippen LogP contribution in [-0.2, 0) is 11.3 Å². The molecule has 3 aromatic heterocycles. The Hall–Kier alpha value is -2.26. The number of nitrogens with zero attached hydrogens (tertiary/aromatic N) is 3. The highest BCUT2D eigenvalue weighted by Gasteiger charge is 2.23. The number of hydrogen-bond donors (Lipinski definition) is 0. The molecule has 0 spiro atoms. The van der Waals surface area contributed by atoms with Gasteiger partial charge in [-0.25, -0.2) is 9.97 Å². The first-order chi connectivity index (χ1) is 15.1. The quantitative estimate of drug-likeness (QED) is 0.228. The zero-order valence-corrected chi connectivity index (χ0v) is 18.8. The van der Waals surface area contributed by atoms with E-state index in [2.05, 4.69) is 4.98 Å². The van der Waals surface area contributed by atoms with Gasteiger partial charge < -0.3 is 4.74 Å². The van der Waals surface area contributed by atoms with Gasteiger partial charge in [0.25, 0.3) is 5.56 Å². The van der Waals surface area contributed by atoms with E-state index < -0.39 is 0 Å². The Balaban J connectivity index is 1.55. The van der Waals surface area contributed by atoms with Gasteiger partial charge in [-0.15, -0.1) is 11.3 Å². The SMILES string of the molecule is O=C(CSc1nc2c(sc3ncccc32)c(=O)n1C[C@H]1CCCO1)c1ccccc1Cl. The lowest BCUT2D eigenvalue weighted by Crippen LogP contribution is -2.28. The molecule has 5 rings (SSSR count). The van der Waals surface area contributed by atoms with Crippen molar-refractivity contribution in [1.82, 2.24) is 14.5 Å². The Morgan fingerprint density at radius 2 is 2.16 bits per heavy atom. The molecule has 1 fully saturated rings. The van der Waals surface area contributed by atoms with Crippen molar-refractivity contribution in [3.8, 4) is 0 Å². The summed E-state index contributed by atoms with van der Waals surface area (Å²) in [6.45, 7) is 1.13. The van der Waals surface area contributed by atoms with E-state index in [-0.39, 0.29) is 23.2 Å². The van der Waals surface area contributed by atoms with Crippen LogP contribution >= 0.6 is 34.7 Å². The number of halogens is 1. The second-order valence-electron chi connectivity index (χ2n) is 7.27. The number of carbonyl (C=O) groups excluding carboxylic acids is 1. The lowest BCUT2D eigenvalue weighted by atomic mass is 10.1. The summed E-state index contributed by atoms with van der Waals surface area (Å²) >= 11 is 8.78. The molecule has 31 heavy (non-hydrogen) atoms. The zero-order valence-electron chi connectivity index (χ0n) is 16.4. The third-order valence-corrected chi connectivity index (χ3v) is 7.63. The summed E-state index contributed by atoms with van der Waals surface area (Å²) in [5, 5.41) is 1.78. The Kier molecular flexibility index (Phi) is 5.79. The van der Waals surface area contributed by atoms with Gasteiger partial charge in [-0.3, -0.25) is 14.2 Å². The fraction of sp³-hybridized carbons (Fsp3) is 0.273. The molecule has 1 atom stereocenters. The van der Waals surface area contributed by atoms with Crippen LogP contribution in [0.2, 0.25) is 5.02 Å². The molecule has 0 saturated carbocycles. The van der Waals surface area contributed by atoms with Gasteiger partial charge in [0.05, 0.1) is 28.9 Å². The Morgan fingerprint density at radius 3 is 2.97 bits per heavy atom. The monoisotopic (exact) mass is 471 g/mol. The lowest BCUT2D eigenvalue weighted by Gasteiger charge is -2.15.